The van der Waals surface area contributed by atoms with Crippen LogP contribution in [-0.4, -0.2) is 34.9 Å². The van der Waals surface area contributed by atoms with Crippen LogP contribution in [0.3, 0.4) is 0 Å². The number of unbranched alkanes of at least 4 members (excludes halogenated alkanes) is 1. The Bertz CT molecular complexity index is 717. The number of hydrogen-bond acceptors (Lipinski definition) is 3. The zero-order valence-corrected chi connectivity index (χ0v) is 21.6. The van der Waals surface area contributed by atoms with Gasteiger partial charge in [0.15, 0.2) is 0 Å². The van der Waals surface area contributed by atoms with Crippen LogP contribution in [0.4, 0.5) is 0 Å². The Morgan fingerprint density at radius 2 is 1.41 bits per heavy atom. The molecule has 4 heteroatoms. The smallest absolute Gasteiger partial charge is 0.222 e. The molecule has 0 bridgehead atoms. The third kappa shape index (κ3) is 11.5. The molecule has 2 aromatic carbocycles. The summed E-state index contributed by atoms with van der Waals surface area (Å²) in [6.45, 7) is 6.11. The lowest BCUT2D eigenvalue weighted by Crippen LogP contribution is -2.32. The van der Waals surface area contributed by atoms with E-state index in [1.165, 1.54) is 29.7 Å². The second-order valence-electron chi connectivity index (χ2n) is 8.37. The summed E-state index contributed by atoms with van der Waals surface area (Å²) in [7, 11) is 0. The molecule has 0 saturated heterocycles. The molecule has 0 radical (unpaired) electrons. The summed E-state index contributed by atoms with van der Waals surface area (Å²) in [5.41, 5.74) is 2.82. The zero-order valence-electron chi connectivity index (χ0n) is 20.0. The lowest BCUT2D eigenvalue weighted by molar-refractivity contribution is -0.131. The van der Waals surface area contributed by atoms with Gasteiger partial charge in [-0.3, -0.25) is 4.79 Å². The highest BCUT2D eigenvalue weighted by Crippen LogP contribution is 2.27. The Morgan fingerprint density at radius 3 is 2.00 bits per heavy atom. The van der Waals surface area contributed by atoms with Gasteiger partial charge in [-0.15, -0.1) is 0 Å². The number of hydrogen-bond donors (Lipinski definition) is 0. The lowest BCUT2D eigenvalue weighted by Gasteiger charge is -2.22. The Balaban J connectivity index is 1.75. The van der Waals surface area contributed by atoms with Gasteiger partial charge in [0, 0.05) is 36.3 Å². The Labute approximate surface area is 204 Å². The number of benzene rings is 2. The van der Waals surface area contributed by atoms with Crippen LogP contribution in [0.25, 0.3) is 0 Å². The molecule has 0 heterocycles. The summed E-state index contributed by atoms with van der Waals surface area (Å²) >= 11 is 4.13. The minimum Gasteiger partial charge on any atom is -0.343 e. The maximum Gasteiger partial charge on any atom is 0.222 e. The summed E-state index contributed by atoms with van der Waals surface area (Å²) in [6, 6.07) is 21.6. The minimum absolute atomic E-state index is 0.348. The molecule has 1 atom stereocenters. The quantitative estimate of drug-likeness (QED) is 0.219. The maximum absolute atomic E-state index is 12.5. The van der Waals surface area contributed by atoms with Crippen molar-refractivity contribution in [1.82, 2.24) is 4.90 Å². The maximum atomic E-state index is 12.5. The van der Waals surface area contributed by atoms with Gasteiger partial charge in [0.1, 0.15) is 0 Å². The van der Waals surface area contributed by atoms with Crippen LogP contribution >= 0.6 is 23.5 Å². The number of thioether (sulfide) groups is 2. The molecule has 0 unspecified atom stereocenters. The Hall–Kier alpha value is -1.39. The average Bonchev–Trinajstić information content (AvgIpc) is 2.83. The van der Waals surface area contributed by atoms with Gasteiger partial charge < -0.3 is 4.90 Å². The molecule has 2 rings (SSSR count). The van der Waals surface area contributed by atoms with Crippen molar-refractivity contribution in [3.63, 3.8) is 0 Å². The molecule has 0 fully saturated rings. The van der Waals surface area contributed by atoms with Gasteiger partial charge >= 0.3 is 0 Å². The second kappa shape index (κ2) is 17.1. The highest BCUT2D eigenvalue weighted by molar-refractivity contribution is 7.99. The Kier molecular flexibility index (Phi) is 14.4. The van der Waals surface area contributed by atoms with E-state index in [-0.39, 0.29) is 0 Å². The molecule has 0 spiro atoms. The fourth-order valence-electron chi connectivity index (χ4n) is 3.79. The largest absolute Gasteiger partial charge is 0.343 e. The van der Waals surface area contributed by atoms with E-state index in [4.69, 9.17) is 0 Å². The molecule has 0 saturated carbocycles. The summed E-state index contributed by atoms with van der Waals surface area (Å²) in [4.78, 5) is 14.6. The van der Waals surface area contributed by atoms with Crippen molar-refractivity contribution in [2.24, 2.45) is 0 Å². The van der Waals surface area contributed by atoms with Crippen molar-refractivity contribution >= 4 is 29.4 Å². The molecule has 176 valence electrons. The van der Waals surface area contributed by atoms with Gasteiger partial charge in [-0.2, -0.15) is 23.5 Å². The van der Waals surface area contributed by atoms with Crippen molar-refractivity contribution in [2.75, 3.05) is 18.8 Å². The number of nitrogens with zero attached hydrogens (tertiary/aromatic N) is 1. The summed E-state index contributed by atoms with van der Waals surface area (Å²) in [5, 5.41) is 0.663. The van der Waals surface area contributed by atoms with Gasteiger partial charge in [-0.1, -0.05) is 80.9 Å². The number of rotatable bonds is 17. The van der Waals surface area contributed by atoms with E-state index in [2.05, 4.69) is 91.2 Å². The fraction of sp³-hybridized carbons (Fsp3) is 0.536. The van der Waals surface area contributed by atoms with Crippen LogP contribution in [-0.2, 0) is 16.3 Å². The molecule has 0 aliphatic heterocycles. The lowest BCUT2D eigenvalue weighted by atomic mass is 10.1. The summed E-state index contributed by atoms with van der Waals surface area (Å²) in [5.74, 6) is 3.71. The first-order valence-electron chi connectivity index (χ1n) is 12.3. The van der Waals surface area contributed by atoms with Crippen molar-refractivity contribution in [3.05, 3.63) is 71.8 Å². The van der Waals surface area contributed by atoms with Crippen LogP contribution in [0.2, 0.25) is 0 Å². The van der Waals surface area contributed by atoms with Gasteiger partial charge in [0.2, 0.25) is 5.91 Å². The van der Waals surface area contributed by atoms with Crippen LogP contribution in [0.15, 0.2) is 60.7 Å². The SMILES string of the molecule is CCCN(CCC)C(=O)CCCC[C@H](CCSCc1ccccc1)SCc1ccccc1. The molecule has 2 nitrogen and oxygen atoms in total. The molecule has 0 aliphatic rings. The van der Waals surface area contributed by atoms with Crippen molar-refractivity contribution < 1.29 is 4.79 Å². The predicted molar refractivity (Wildman–Crippen MR) is 144 cm³/mol. The summed E-state index contributed by atoms with van der Waals surface area (Å²) < 4.78 is 0. The molecular weight excluding hydrogens is 430 g/mol. The predicted octanol–water partition coefficient (Wildman–Crippen LogP) is 7.82. The highest BCUT2D eigenvalue weighted by atomic mass is 32.2. The van der Waals surface area contributed by atoms with E-state index in [1.54, 1.807) is 0 Å². The summed E-state index contributed by atoms with van der Waals surface area (Å²) in [6.07, 6.45) is 7.41. The number of carbonyl (C=O) groups is 1. The van der Waals surface area contributed by atoms with E-state index >= 15 is 0 Å². The van der Waals surface area contributed by atoms with E-state index in [0.29, 0.717) is 17.6 Å². The minimum atomic E-state index is 0.348. The standard InChI is InChI=1S/C28H41NOS2/c1-3-20-29(21-4-2)28(30)18-12-11-17-27(32-24-26-15-9-6-10-16-26)19-22-31-23-25-13-7-5-8-14-25/h5-10,13-16,27H,3-4,11-12,17-24H2,1-2H3/t27-/m1/s1. The van der Waals surface area contributed by atoms with E-state index in [0.717, 1.165) is 50.3 Å². The Morgan fingerprint density at radius 1 is 0.812 bits per heavy atom. The third-order valence-electron chi connectivity index (χ3n) is 5.53. The molecule has 0 aromatic heterocycles. The first-order chi connectivity index (χ1) is 15.7. The molecule has 2 aromatic rings. The molecule has 1 amide bonds. The van der Waals surface area contributed by atoms with Crippen molar-refractivity contribution in [1.29, 1.82) is 0 Å². The van der Waals surface area contributed by atoms with E-state index in [1.807, 2.05) is 11.8 Å². The van der Waals surface area contributed by atoms with Crippen molar-refractivity contribution in [2.45, 2.75) is 75.5 Å². The highest BCUT2D eigenvalue weighted by Gasteiger charge is 2.13. The van der Waals surface area contributed by atoms with E-state index < -0.39 is 0 Å². The normalized spacial score (nSPS) is 11.9. The average molecular weight is 472 g/mol. The first-order valence-corrected chi connectivity index (χ1v) is 14.5. The van der Waals surface area contributed by atoms with E-state index in [9.17, 15) is 4.79 Å². The van der Waals surface area contributed by atoms with Crippen LogP contribution in [0.1, 0.15) is 69.9 Å². The van der Waals surface area contributed by atoms with Gasteiger partial charge in [0.05, 0.1) is 0 Å². The molecule has 0 N–H and O–H groups in total. The van der Waals surface area contributed by atoms with Crippen LogP contribution < -0.4 is 0 Å². The zero-order chi connectivity index (χ0) is 22.9. The number of carbonyl (C=O) groups excluding carboxylic acids is 1. The van der Waals surface area contributed by atoms with Crippen LogP contribution in [0, 0.1) is 0 Å². The van der Waals surface area contributed by atoms with Gasteiger partial charge in [-0.05, 0) is 49.0 Å². The molecule has 0 aliphatic carbocycles. The molecule has 32 heavy (non-hydrogen) atoms. The van der Waals surface area contributed by atoms with Gasteiger partial charge in [0.25, 0.3) is 0 Å². The topological polar surface area (TPSA) is 20.3 Å². The van der Waals surface area contributed by atoms with Gasteiger partial charge in [-0.25, -0.2) is 0 Å². The van der Waals surface area contributed by atoms with Crippen molar-refractivity contribution in [3.8, 4) is 0 Å². The van der Waals surface area contributed by atoms with Crippen LogP contribution in [0.5, 0.6) is 0 Å². The second-order valence-corrected chi connectivity index (χ2v) is 10.8. The number of amides is 1. The first kappa shape index (κ1) is 26.9. The molecular formula is C28H41NOS2. The fourth-order valence-corrected chi connectivity index (χ4v) is 6.20. The third-order valence-corrected chi connectivity index (χ3v) is 8.04. The monoisotopic (exact) mass is 471 g/mol.